The van der Waals surface area contributed by atoms with Crippen molar-refractivity contribution in [3.8, 4) is 0 Å². The molecule has 1 aromatic carbocycles. The van der Waals surface area contributed by atoms with Gasteiger partial charge in [0.2, 0.25) is 0 Å². The molecule has 138 valence electrons. The number of aromatic nitrogens is 1. The molecule has 0 aliphatic heterocycles. The van der Waals surface area contributed by atoms with Crippen LogP contribution in [0.15, 0.2) is 24.3 Å². The van der Waals surface area contributed by atoms with Gasteiger partial charge in [-0.05, 0) is 38.5 Å². The molecule has 0 saturated heterocycles. The number of esters is 2. The molecule has 1 amide bonds. The van der Waals surface area contributed by atoms with E-state index in [4.69, 9.17) is 4.74 Å². The molecular weight excluding hydrogens is 343 g/mol. The first kappa shape index (κ1) is 19.2. The van der Waals surface area contributed by atoms with Crippen molar-refractivity contribution in [2.45, 2.75) is 26.9 Å². The van der Waals surface area contributed by atoms with Gasteiger partial charge < -0.3 is 19.8 Å². The molecule has 7 nitrogen and oxygen atoms in total. The van der Waals surface area contributed by atoms with Crippen LogP contribution in [0.1, 0.15) is 39.0 Å². The molecule has 0 spiro atoms. The Labute approximate surface area is 149 Å². The van der Waals surface area contributed by atoms with Crippen LogP contribution in [-0.2, 0) is 14.3 Å². The molecule has 0 fully saturated rings. The molecular formula is C18H19FN2O5. The minimum Gasteiger partial charge on any atom is -0.465 e. The first-order valence-electron chi connectivity index (χ1n) is 7.80. The number of methoxy groups -OCH3 is 1. The van der Waals surface area contributed by atoms with Crippen molar-refractivity contribution in [3.05, 3.63) is 52.6 Å². The summed E-state index contributed by atoms with van der Waals surface area (Å²) in [5, 5.41) is 2.35. The minimum atomic E-state index is -1.17. The van der Waals surface area contributed by atoms with E-state index in [9.17, 15) is 18.8 Å². The van der Waals surface area contributed by atoms with Crippen LogP contribution in [0.3, 0.4) is 0 Å². The molecule has 0 aliphatic rings. The average Bonchev–Trinajstić information content (AvgIpc) is 2.90. The van der Waals surface area contributed by atoms with E-state index in [-0.39, 0.29) is 16.9 Å². The second-order valence-electron chi connectivity index (χ2n) is 5.63. The normalized spacial score (nSPS) is 11.6. The topological polar surface area (TPSA) is 97.5 Å². The van der Waals surface area contributed by atoms with Crippen molar-refractivity contribution in [3.63, 3.8) is 0 Å². The number of hydrogen-bond donors (Lipinski definition) is 2. The number of H-pyrrole nitrogens is 1. The van der Waals surface area contributed by atoms with Crippen LogP contribution in [0, 0.1) is 19.7 Å². The van der Waals surface area contributed by atoms with Crippen LogP contribution in [0.25, 0.3) is 0 Å². The smallest absolute Gasteiger partial charge is 0.355 e. The summed E-state index contributed by atoms with van der Waals surface area (Å²) in [7, 11) is 1.24. The molecule has 2 rings (SSSR count). The van der Waals surface area contributed by atoms with E-state index in [0.29, 0.717) is 11.3 Å². The number of benzene rings is 1. The molecule has 0 aliphatic carbocycles. The summed E-state index contributed by atoms with van der Waals surface area (Å²) >= 11 is 0. The van der Waals surface area contributed by atoms with Crippen LogP contribution >= 0.6 is 0 Å². The lowest BCUT2D eigenvalue weighted by Gasteiger charge is -2.13. The number of carbonyl (C=O) groups excluding carboxylic acids is 3. The first-order chi connectivity index (χ1) is 12.3. The third-order valence-electron chi connectivity index (χ3n) is 3.82. The Bertz CT molecular complexity index is 859. The van der Waals surface area contributed by atoms with Gasteiger partial charge in [-0.25, -0.2) is 14.0 Å². The summed E-state index contributed by atoms with van der Waals surface area (Å²) < 4.78 is 23.4. The predicted octanol–water partition coefficient (Wildman–Crippen LogP) is 2.74. The number of hydrogen-bond acceptors (Lipinski definition) is 5. The third kappa shape index (κ3) is 3.90. The number of aryl methyl sites for hydroxylation is 1. The molecule has 0 saturated carbocycles. The summed E-state index contributed by atoms with van der Waals surface area (Å²) in [6.07, 6.45) is -1.17. The Balaban J connectivity index is 2.11. The van der Waals surface area contributed by atoms with E-state index in [2.05, 4.69) is 15.0 Å². The van der Waals surface area contributed by atoms with Gasteiger partial charge in [-0.1, -0.05) is 12.1 Å². The summed E-state index contributed by atoms with van der Waals surface area (Å²) in [4.78, 5) is 38.9. The number of aromatic amines is 1. The molecule has 1 aromatic heterocycles. The maximum Gasteiger partial charge on any atom is 0.355 e. The van der Waals surface area contributed by atoms with Crippen molar-refractivity contribution < 1.29 is 28.2 Å². The van der Waals surface area contributed by atoms with Crippen molar-refractivity contribution in [2.75, 3.05) is 12.4 Å². The zero-order valence-electron chi connectivity index (χ0n) is 14.8. The van der Waals surface area contributed by atoms with E-state index in [0.717, 1.165) is 0 Å². The summed E-state index contributed by atoms with van der Waals surface area (Å²) in [5.41, 5.74) is 1.09. The number of rotatable bonds is 5. The minimum absolute atomic E-state index is 0.0136. The van der Waals surface area contributed by atoms with E-state index < -0.39 is 29.8 Å². The second-order valence-corrected chi connectivity index (χ2v) is 5.63. The van der Waals surface area contributed by atoms with Gasteiger partial charge in [0.25, 0.3) is 5.91 Å². The Morgan fingerprint density at radius 3 is 2.42 bits per heavy atom. The van der Waals surface area contributed by atoms with E-state index in [1.807, 2.05) is 0 Å². The second kappa shape index (κ2) is 7.81. The molecule has 0 bridgehead atoms. The van der Waals surface area contributed by atoms with Gasteiger partial charge in [0, 0.05) is 5.69 Å². The maximum atomic E-state index is 13.6. The van der Waals surface area contributed by atoms with Crippen LogP contribution in [0.5, 0.6) is 0 Å². The lowest BCUT2D eigenvalue weighted by molar-refractivity contribution is -0.123. The van der Waals surface area contributed by atoms with Gasteiger partial charge >= 0.3 is 11.9 Å². The molecule has 1 unspecified atom stereocenters. The number of anilines is 1. The molecule has 8 heteroatoms. The average molecular weight is 362 g/mol. The molecule has 26 heavy (non-hydrogen) atoms. The summed E-state index contributed by atoms with van der Waals surface area (Å²) in [5.74, 6) is -2.67. The zero-order chi connectivity index (χ0) is 19.4. The Hall–Kier alpha value is -3.16. The summed E-state index contributed by atoms with van der Waals surface area (Å²) in [6.45, 7) is 4.54. The zero-order valence-corrected chi connectivity index (χ0v) is 14.8. The number of amides is 1. The molecule has 1 atom stereocenters. The lowest BCUT2D eigenvalue weighted by atomic mass is 10.1. The molecule has 0 radical (unpaired) electrons. The van der Waals surface area contributed by atoms with Crippen LogP contribution in [0.4, 0.5) is 10.1 Å². The Morgan fingerprint density at radius 2 is 1.81 bits per heavy atom. The monoisotopic (exact) mass is 362 g/mol. The molecule has 2 N–H and O–H groups in total. The van der Waals surface area contributed by atoms with Gasteiger partial charge in [0.1, 0.15) is 11.5 Å². The number of ether oxygens (including phenoxy) is 2. The van der Waals surface area contributed by atoms with Gasteiger partial charge in [0.05, 0.1) is 18.4 Å². The quantitative estimate of drug-likeness (QED) is 0.797. The van der Waals surface area contributed by atoms with Gasteiger partial charge in [0.15, 0.2) is 6.10 Å². The SMILES string of the molecule is COC(=O)c1c(C)[nH]c(C(=O)OC(C)C(=O)Nc2ccccc2F)c1C. The highest BCUT2D eigenvalue weighted by molar-refractivity contribution is 6.00. The maximum absolute atomic E-state index is 13.6. The van der Waals surface area contributed by atoms with E-state index in [1.54, 1.807) is 19.9 Å². The summed E-state index contributed by atoms with van der Waals surface area (Å²) in [6, 6.07) is 5.65. The van der Waals surface area contributed by atoms with Crippen molar-refractivity contribution in [1.29, 1.82) is 0 Å². The van der Waals surface area contributed by atoms with Gasteiger partial charge in [-0.3, -0.25) is 4.79 Å². The van der Waals surface area contributed by atoms with Gasteiger partial charge in [-0.2, -0.15) is 0 Å². The van der Waals surface area contributed by atoms with Crippen molar-refractivity contribution >= 4 is 23.5 Å². The Kier molecular flexibility index (Phi) is 5.76. The highest BCUT2D eigenvalue weighted by Crippen LogP contribution is 2.20. The van der Waals surface area contributed by atoms with Crippen LogP contribution < -0.4 is 5.32 Å². The number of halogens is 1. The Morgan fingerprint density at radius 1 is 1.15 bits per heavy atom. The third-order valence-corrected chi connectivity index (χ3v) is 3.82. The van der Waals surface area contributed by atoms with Gasteiger partial charge in [-0.15, -0.1) is 0 Å². The predicted molar refractivity (Wildman–Crippen MR) is 91.5 cm³/mol. The van der Waals surface area contributed by atoms with Crippen LogP contribution in [0.2, 0.25) is 0 Å². The number of para-hydroxylation sites is 1. The fraction of sp³-hybridized carbons (Fsp3) is 0.278. The highest BCUT2D eigenvalue weighted by atomic mass is 19.1. The standard InChI is InChI=1S/C18H19FN2O5/c1-9-14(17(23)25-4)10(2)20-15(9)18(24)26-11(3)16(22)21-13-8-6-5-7-12(13)19/h5-8,11,20H,1-4H3,(H,21,22). The lowest BCUT2D eigenvalue weighted by Crippen LogP contribution is -2.30. The largest absolute Gasteiger partial charge is 0.465 e. The van der Waals surface area contributed by atoms with Crippen LogP contribution in [-0.4, -0.2) is 36.0 Å². The molecule has 2 aromatic rings. The van der Waals surface area contributed by atoms with E-state index >= 15 is 0 Å². The highest BCUT2D eigenvalue weighted by Gasteiger charge is 2.26. The number of carbonyl (C=O) groups is 3. The van der Waals surface area contributed by atoms with E-state index in [1.165, 1.54) is 32.2 Å². The molecule has 1 heterocycles. The van der Waals surface area contributed by atoms with Crippen molar-refractivity contribution in [1.82, 2.24) is 4.98 Å². The first-order valence-corrected chi connectivity index (χ1v) is 7.80. The van der Waals surface area contributed by atoms with Crippen molar-refractivity contribution in [2.24, 2.45) is 0 Å². The fourth-order valence-corrected chi connectivity index (χ4v) is 2.43. The fourth-order valence-electron chi connectivity index (χ4n) is 2.43. The number of nitrogens with one attached hydrogen (secondary N) is 2.